The number of anilines is 1. The van der Waals surface area contributed by atoms with Crippen molar-refractivity contribution in [1.29, 1.82) is 0 Å². The summed E-state index contributed by atoms with van der Waals surface area (Å²) in [5.74, 6) is 0.212. The van der Waals surface area contributed by atoms with Gasteiger partial charge in [-0.1, -0.05) is 66.7 Å². The minimum absolute atomic E-state index is 0.0629. The lowest BCUT2D eigenvalue weighted by molar-refractivity contribution is -0.113. The molecule has 6 nitrogen and oxygen atoms in total. The summed E-state index contributed by atoms with van der Waals surface area (Å²) < 4.78 is 1.88. The van der Waals surface area contributed by atoms with Gasteiger partial charge in [0, 0.05) is 9.79 Å². The van der Waals surface area contributed by atoms with E-state index in [9.17, 15) is 4.79 Å². The van der Waals surface area contributed by atoms with Gasteiger partial charge in [-0.3, -0.25) is 4.79 Å². The molecule has 1 fully saturated rings. The fraction of sp³-hybridized carbons (Fsp3) is 0.300. The maximum absolute atomic E-state index is 12.5. The van der Waals surface area contributed by atoms with Crippen molar-refractivity contribution in [3.63, 3.8) is 0 Å². The van der Waals surface area contributed by atoms with Crippen molar-refractivity contribution >= 4 is 35.1 Å². The molecule has 1 heterocycles. The van der Waals surface area contributed by atoms with Crippen molar-refractivity contribution < 1.29 is 4.79 Å². The van der Waals surface area contributed by atoms with E-state index in [2.05, 4.69) is 33.0 Å². The number of aromatic nitrogens is 4. The fourth-order valence-corrected chi connectivity index (χ4v) is 4.92. The summed E-state index contributed by atoms with van der Waals surface area (Å²) >= 11 is 3.02. The molecular formula is C20H21N5OS2. The molecule has 28 heavy (non-hydrogen) atoms. The Morgan fingerprint density at radius 1 is 1.07 bits per heavy atom. The highest BCUT2D eigenvalue weighted by molar-refractivity contribution is 8.00. The molecule has 0 saturated heterocycles. The highest BCUT2D eigenvalue weighted by Crippen LogP contribution is 2.34. The number of nitrogens with one attached hydrogen (secondary N) is 1. The molecule has 1 aliphatic carbocycles. The molecule has 0 unspecified atom stereocenters. The Bertz CT molecular complexity index is 925. The predicted octanol–water partition coefficient (Wildman–Crippen LogP) is 4.67. The Morgan fingerprint density at radius 2 is 1.82 bits per heavy atom. The zero-order chi connectivity index (χ0) is 19.2. The normalized spacial score (nSPS) is 14.3. The van der Waals surface area contributed by atoms with E-state index in [1.807, 2.05) is 47.1 Å². The van der Waals surface area contributed by atoms with Crippen LogP contribution < -0.4 is 5.32 Å². The molecule has 1 saturated carbocycles. The number of benzene rings is 2. The average Bonchev–Trinajstić information content (AvgIpc) is 3.40. The van der Waals surface area contributed by atoms with Crippen LogP contribution in [0.4, 0.5) is 5.69 Å². The van der Waals surface area contributed by atoms with Gasteiger partial charge in [0.05, 0.1) is 17.5 Å². The van der Waals surface area contributed by atoms with E-state index < -0.39 is 0 Å². The summed E-state index contributed by atoms with van der Waals surface area (Å²) in [5, 5.41) is 15.8. The largest absolute Gasteiger partial charge is 0.324 e. The summed E-state index contributed by atoms with van der Waals surface area (Å²) in [6.07, 6.45) is 4.64. The Hall–Kier alpha value is -2.32. The van der Waals surface area contributed by atoms with E-state index in [0.29, 0.717) is 11.2 Å². The number of amides is 1. The second kappa shape index (κ2) is 9.25. The van der Waals surface area contributed by atoms with Gasteiger partial charge in [-0.2, -0.15) is 0 Å². The Labute approximate surface area is 172 Å². The number of carbonyl (C=O) groups excluding carboxylic acids is 1. The van der Waals surface area contributed by atoms with Crippen molar-refractivity contribution in [2.75, 3.05) is 11.1 Å². The topological polar surface area (TPSA) is 72.7 Å². The minimum atomic E-state index is -0.0629. The molecule has 0 aliphatic heterocycles. The van der Waals surface area contributed by atoms with Crippen LogP contribution in [0.25, 0.3) is 0 Å². The van der Waals surface area contributed by atoms with E-state index in [4.69, 9.17) is 0 Å². The molecule has 8 heteroatoms. The first-order chi connectivity index (χ1) is 13.8. The molecular weight excluding hydrogens is 390 g/mol. The molecule has 144 valence electrons. The van der Waals surface area contributed by atoms with Crippen molar-refractivity contribution in [3.8, 4) is 0 Å². The predicted molar refractivity (Wildman–Crippen MR) is 112 cm³/mol. The quantitative estimate of drug-likeness (QED) is 0.570. The maximum Gasteiger partial charge on any atom is 0.234 e. The van der Waals surface area contributed by atoms with Gasteiger partial charge in [-0.25, -0.2) is 4.68 Å². The monoisotopic (exact) mass is 411 g/mol. The number of tetrazole rings is 1. The van der Waals surface area contributed by atoms with E-state index in [-0.39, 0.29) is 11.7 Å². The second-order valence-electron chi connectivity index (χ2n) is 6.59. The first-order valence-corrected chi connectivity index (χ1v) is 11.1. The van der Waals surface area contributed by atoms with Crippen LogP contribution >= 0.6 is 23.5 Å². The minimum Gasteiger partial charge on any atom is -0.324 e. The lowest BCUT2D eigenvalue weighted by Crippen LogP contribution is -2.16. The average molecular weight is 412 g/mol. The second-order valence-corrected chi connectivity index (χ2v) is 8.65. The van der Waals surface area contributed by atoms with Crippen LogP contribution in [-0.2, 0) is 4.79 Å². The van der Waals surface area contributed by atoms with E-state index >= 15 is 0 Å². The Kier molecular flexibility index (Phi) is 6.28. The summed E-state index contributed by atoms with van der Waals surface area (Å²) in [6, 6.07) is 18.3. The number of hydrogen-bond acceptors (Lipinski definition) is 6. The van der Waals surface area contributed by atoms with Gasteiger partial charge >= 0.3 is 0 Å². The molecule has 2 aromatic carbocycles. The summed E-state index contributed by atoms with van der Waals surface area (Å²) in [5.41, 5.74) is 0.817. The van der Waals surface area contributed by atoms with Crippen LogP contribution in [0.2, 0.25) is 0 Å². The molecule has 4 rings (SSSR count). The van der Waals surface area contributed by atoms with E-state index in [0.717, 1.165) is 28.3 Å². The first-order valence-electron chi connectivity index (χ1n) is 9.32. The smallest absolute Gasteiger partial charge is 0.234 e. The van der Waals surface area contributed by atoms with Gasteiger partial charge in [0.15, 0.2) is 0 Å². The summed E-state index contributed by atoms with van der Waals surface area (Å²) in [7, 11) is 0. The number of hydrogen-bond donors (Lipinski definition) is 1. The highest BCUT2D eigenvalue weighted by atomic mass is 32.2. The number of para-hydroxylation sites is 1. The Balaban J connectivity index is 1.38. The van der Waals surface area contributed by atoms with Gasteiger partial charge < -0.3 is 5.32 Å². The summed E-state index contributed by atoms with van der Waals surface area (Å²) in [6.45, 7) is 0. The summed E-state index contributed by atoms with van der Waals surface area (Å²) in [4.78, 5) is 14.7. The fourth-order valence-electron chi connectivity index (χ4n) is 3.25. The third-order valence-corrected chi connectivity index (χ3v) is 6.61. The van der Waals surface area contributed by atoms with E-state index in [1.165, 1.54) is 24.6 Å². The Morgan fingerprint density at radius 3 is 2.64 bits per heavy atom. The van der Waals surface area contributed by atoms with Crippen molar-refractivity contribution in [3.05, 3.63) is 54.6 Å². The number of carbonyl (C=O) groups is 1. The molecule has 0 spiro atoms. The van der Waals surface area contributed by atoms with Gasteiger partial charge in [0.1, 0.15) is 0 Å². The van der Waals surface area contributed by atoms with Crippen LogP contribution in [0.1, 0.15) is 31.7 Å². The molecule has 1 amide bonds. The van der Waals surface area contributed by atoms with Crippen molar-refractivity contribution in [2.24, 2.45) is 0 Å². The van der Waals surface area contributed by atoms with Crippen LogP contribution in [-0.4, -0.2) is 31.9 Å². The highest BCUT2D eigenvalue weighted by Gasteiger charge is 2.22. The van der Waals surface area contributed by atoms with Gasteiger partial charge in [0.25, 0.3) is 0 Å². The lowest BCUT2D eigenvalue weighted by atomic mass is 10.3. The number of thioether (sulfide) groups is 1. The molecule has 0 atom stereocenters. The molecule has 0 bridgehead atoms. The molecule has 1 N–H and O–H groups in total. The third-order valence-electron chi connectivity index (χ3n) is 4.60. The lowest BCUT2D eigenvalue weighted by Gasteiger charge is -2.12. The van der Waals surface area contributed by atoms with Crippen molar-refractivity contribution in [2.45, 2.75) is 46.7 Å². The van der Waals surface area contributed by atoms with Crippen LogP contribution in [0.15, 0.2) is 69.5 Å². The molecule has 1 aromatic heterocycles. The number of nitrogens with zero attached hydrogens (tertiary/aromatic N) is 4. The zero-order valence-electron chi connectivity index (χ0n) is 15.3. The van der Waals surface area contributed by atoms with Gasteiger partial charge in [-0.15, -0.1) is 5.10 Å². The van der Waals surface area contributed by atoms with Crippen molar-refractivity contribution in [1.82, 2.24) is 20.2 Å². The maximum atomic E-state index is 12.5. The SMILES string of the molecule is O=C(CSc1nnnn1C1CCCC1)Nc1ccccc1Sc1ccccc1. The van der Waals surface area contributed by atoms with Crippen LogP contribution in [0, 0.1) is 0 Å². The van der Waals surface area contributed by atoms with E-state index in [1.54, 1.807) is 11.8 Å². The standard InChI is InChI=1S/C20H21N5OS2/c26-19(14-27-20-22-23-24-25(20)15-8-4-5-9-15)21-17-12-6-7-13-18(17)28-16-10-2-1-3-11-16/h1-3,6-7,10-13,15H,4-5,8-9,14H2,(H,21,26). The number of rotatable bonds is 7. The molecule has 1 aliphatic rings. The molecule has 0 radical (unpaired) electrons. The van der Waals surface area contributed by atoms with Crippen LogP contribution in [0.3, 0.4) is 0 Å². The van der Waals surface area contributed by atoms with Crippen LogP contribution in [0.5, 0.6) is 0 Å². The van der Waals surface area contributed by atoms with Gasteiger partial charge in [0.2, 0.25) is 11.1 Å². The molecule has 3 aromatic rings. The first kappa shape index (κ1) is 19.0. The third kappa shape index (κ3) is 4.74. The zero-order valence-corrected chi connectivity index (χ0v) is 17.0. The van der Waals surface area contributed by atoms with Gasteiger partial charge in [-0.05, 0) is 47.5 Å².